The first-order valence-electron chi connectivity index (χ1n) is 11.3. The van der Waals surface area contributed by atoms with E-state index in [1.165, 1.54) is 6.33 Å². The van der Waals surface area contributed by atoms with Gasteiger partial charge in [-0.1, -0.05) is 26.0 Å². The lowest BCUT2D eigenvalue weighted by Gasteiger charge is -2.27. The zero-order valence-corrected chi connectivity index (χ0v) is 18.9. The topological polar surface area (TPSA) is 67.2 Å². The summed E-state index contributed by atoms with van der Waals surface area (Å²) in [6, 6.07) is 8.73. The van der Waals surface area contributed by atoms with Crippen molar-refractivity contribution >= 4 is 22.8 Å². The number of fused-ring (bicyclic) bond motifs is 1. The molecule has 4 rings (SSSR count). The maximum atomic E-state index is 13.8. The van der Waals surface area contributed by atoms with Crippen molar-refractivity contribution in [1.29, 1.82) is 0 Å². The summed E-state index contributed by atoms with van der Waals surface area (Å²) in [6.45, 7) is 5.57. The number of carbonyl (C=O) groups is 2. The van der Waals surface area contributed by atoms with Gasteiger partial charge in [0.2, 0.25) is 5.91 Å². The maximum Gasteiger partial charge on any atom is 0.253 e. The van der Waals surface area contributed by atoms with Gasteiger partial charge in [0.15, 0.2) is 11.6 Å². The molecule has 1 fully saturated rings. The lowest BCUT2D eigenvalue weighted by Crippen LogP contribution is -2.36. The van der Waals surface area contributed by atoms with Crippen molar-refractivity contribution in [2.45, 2.75) is 45.7 Å². The molecule has 2 heterocycles. The van der Waals surface area contributed by atoms with Crippen molar-refractivity contribution in [3.63, 3.8) is 0 Å². The average Bonchev–Trinajstić information content (AvgIpc) is 3.20. The molecule has 1 aliphatic heterocycles. The van der Waals surface area contributed by atoms with E-state index < -0.39 is 17.7 Å². The Bertz CT molecular complexity index is 1170. The summed E-state index contributed by atoms with van der Waals surface area (Å²) in [5, 5.41) is 2.92. The van der Waals surface area contributed by atoms with E-state index in [0.29, 0.717) is 11.1 Å². The predicted molar refractivity (Wildman–Crippen MR) is 122 cm³/mol. The number of aromatic nitrogens is 2. The third-order valence-electron chi connectivity index (χ3n) is 6.10. The highest BCUT2D eigenvalue weighted by Gasteiger charge is 2.26. The summed E-state index contributed by atoms with van der Waals surface area (Å²) in [7, 11) is 0. The van der Waals surface area contributed by atoms with Crippen molar-refractivity contribution < 1.29 is 18.4 Å². The first kappa shape index (κ1) is 22.9. The third kappa shape index (κ3) is 4.89. The molecule has 2 amide bonds. The Balaban J connectivity index is 1.49. The van der Waals surface area contributed by atoms with Crippen molar-refractivity contribution in [2.24, 2.45) is 5.92 Å². The third-order valence-corrected chi connectivity index (χ3v) is 6.10. The number of piperidine rings is 1. The second kappa shape index (κ2) is 9.68. The number of hydrogen-bond acceptors (Lipinski definition) is 3. The zero-order chi connectivity index (χ0) is 23.5. The zero-order valence-electron chi connectivity index (χ0n) is 18.9. The van der Waals surface area contributed by atoms with Gasteiger partial charge in [-0.25, -0.2) is 13.8 Å². The van der Waals surface area contributed by atoms with E-state index in [-0.39, 0.29) is 29.8 Å². The molecular weight excluding hydrogens is 426 g/mol. The van der Waals surface area contributed by atoms with Gasteiger partial charge in [0.25, 0.3) is 5.91 Å². The number of carbonyl (C=O) groups excluding carboxylic acids is 2. The molecule has 1 aromatic heterocycles. The SMILES string of the molecule is CC(C)C(C(=O)NCc1cccc(C(=O)N2CCCCC2)c1)n1cnc2cc(F)c(F)cc21. The number of likely N-dealkylation sites (tertiary alicyclic amines) is 1. The van der Waals surface area contributed by atoms with E-state index in [2.05, 4.69) is 10.3 Å². The van der Waals surface area contributed by atoms with Crippen LogP contribution >= 0.6 is 0 Å². The summed E-state index contributed by atoms with van der Waals surface area (Å²) in [6.07, 6.45) is 4.64. The standard InChI is InChI=1S/C25H28F2N4O2/c1-16(2)23(31-15-29-21-12-19(26)20(27)13-22(21)31)24(32)28-14-17-7-6-8-18(11-17)25(33)30-9-4-3-5-10-30/h6-8,11-13,15-16,23H,3-5,9-10,14H2,1-2H3,(H,28,32). The Morgan fingerprint density at radius 1 is 1.06 bits per heavy atom. The molecule has 6 nitrogen and oxygen atoms in total. The molecule has 0 bridgehead atoms. The van der Waals surface area contributed by atoms with Gasteiger partial charge in [-0.2, -0.15) is 0 Å². The van der Waals surface area contributed by atoms with E-state index in [4.69, 9.17) is 0 Å². The lowest BCUT2D eigenvalue weighted by atomic mass is 10.0. The Kier molecular flexibility index (Phi) is 6.72. The van der Waals surface area contributed by atoms with Crippen molar-refractivity contribution in [3.8, 4) is 0 Å². The molecular formula is C25H28F2N4O2. The first-order chi connectivity index (χ1) is 15.8. The van der Waals surface area contributed by atoms with Gasteiger partial charge in [-0.05, 0) is 42.9 Å². The van der Waals surface area contributed by atoms with Crippen LogP contribution in [0.4, 0.5) is 8.78 Å². The predicted octanol–water partition coefficient (Wildman–Crippen LogP) is 4.45. The van der Waals surface area contributed by atoms with Crippen LogP contribution in [0.2, 0.25) is 0 Å². The number of amides is 2. The van der Waals surface area contributed by atoms with E-state index in [0.717, 1.165) is 50.0 Å². The molecule has 1 N–H and O–H groups in total. The Hall–Kier alpha value is -3.29. The van der Waals surface area contributed by atoms with Crippen LogP contribution in [0.5, 0.6) is 0 Å². The van der Waals surface area contributed by atoms with Gasteiger partial charge in [-0.15, -0.1) is 0 Å². The fourth-order valence-corrected chi connectivity index (χ4v) is 4.38. The minimum Gasteiger partial charge on any atom is -0.350 e. The van der Waals surface area contributed by atoms with Crippen LogP contribution in [0.15, 0.2) is 42.7 Å². The first-order valence-corrected chi connectivity index (χ1v) is 11.3. The van der Waals surface area contributed by atoms with Crippen LogP contribution in [0.3, 0.4) is 0 Å². The molecule has 2 aromatic carbocycles. The van der Waals surface area contributed by atoms with E-state index in [9.17, 15) is 18.4 Å². The van der Waals surface area contributed by atoms with Crippen LogP contribution < -0.4 is 5.32 Å². The maximum absolute atomic E-state index is 13.8. The molecule has 33 heavy (non-hydrogen) atoms. The molecule has 1 atom stereocenters. The Labute approximate surface area is 191 Å². The number of benzene rings is 2. The van der Waals surface area contributed by atoms with E-state index >= 15 is 0 Å². The number of hydrogen-bond donors (Lipinski definition) is 1. The highest BCUT2D eigenvalue weighted by Crippen LogP contribution is 2.26. The summed E-state index contributed by atoms with van der Waals surface area (Å²) in [5.74, 6) is -2.33. The van der Waals surface area contributed by atoms with Gasteiger partial charge >= 0.3 is 0 Å². The number of nitrogens with one attached hydrogen (secondary N) is 1. The van der Waals surface area contributed by atoms with Crippen molar-refractivity contribution in [3.05, 3.63) is 65.5 Å². The number of imidazole rings is 1. The van der Waals surface area contributed by atoms with Crippen LogP contribution in [0.1, 0.15) is 55.1 Å². The normalized spacial score (nSPS) is 15.1. The average molecular weight is 455 g/mol. The smallest absolute Gasteiger partial charge is 0.253 e. The fraction of sp³-hybridized carbons (Fsp3) is 0.400. The second-order valence-corrected chi connectivity index (χ2v) is 8.87. The molecule has 0 radical (unpaired) electrons. The summed E-state index contributed by atoms with van der Waals surface area (Å²) in [4.78, 5) is 31.9. The molecule has 1 saturated heterocycles. The van der Waals surface area contributed by atoms with Gasteiger partial charge in [0.05, 0.1) is 17.4 Å². The summed E-state index contributed by atoms with van der Waals surface area (Å²) >= 11 is 0. The summed E-state index contributed by atoms with van der Waals surface area (Å²) < 4.78 is 29.0. The molecule has 0 saturated carbocycles. The van der Waals surface area contributed by atoms with Crippen LogP contribution in [-0.4, -0.2) is 39.4 Å². The molecule has 0 aliphatic carbocycles. The fourth-order valence-electron chi connectivity index (χ4n) is 4.38. The Morgan fingerprint density at radius 2 is 1.79 bits per heavy atom. The highest BCUT2D eigenvalue weighted by molar-refractivity contribution is 5.94. The lowest BCUT2D eigenvalue weighted by molar-refractivity contribution is -0.125. The molecule has 1 unspecified atom stereocenters. The van der Waals surface area contributed by atoms with Gasteiger partial charge in [0, 0.05) is 37.3 Å². The minimum atomic E-state index is -0.984. The van der Waals surface area contributed by atoms with Gasteiger partial charge in [-0.3, -0.25) is 9.59 Å². The van der Waals surface area contributed by atoms with Gasteiger partial charge < -0.3 is 14.8 Å². The number of halogens is 2. The van der Waals surface area contributed by atoms with Crippen LogP contribution in [0.25, 0.3) is 11.0 Å². The molecule has 3 aromatic rings. The number of nitrogens with zero attached hydrogens (tertiary/aromatic N) is 3. The largest absolute Gasteiger partial charge is 0.350 e. The Morgan fingerprint density at radius 3 is 2.52 bits per heavy atom. The van der Waals surface area contributed by atoms with Gasteiger partial charge in [0.1, 0.15) is 6.04 Å². The molecule has 174 valence electrons. The van der Waals surface area contributed by atoms with Crippen molar-refractivity contribution in [1.82, 2.24) is 19.8 Å². The van der Waals surface area contributed by atoms with Crippen molar-refractivity contribution in [2.75, 3.05) is 13.1 Å². The van der Waals surface area contributed by atoms with Crippen LogP contribution in [-0.2, 0) is 11.3 Å². The minimum absolute atomic E-state index is 0.0158. The van der Waals surface area contributed by atoms with E-state index in [1.807, 2.05) is 36.9 Å². The molecule has 1 aliphatic rings. The monoisotopic (exact) mass is 454 g/mol. The van der Waals surface area contributed by atoms with Crippen LogP contribution in [0, 0.1) is 17.6 Å². The second-order valence-electron chi connectivity index (χ2n) is 8.87. The summed E-state index contributed by atoms with van der Waals surface area (Å²) in [5.41, 5.74) is 2.08. The molecule has 0 spiro atoms. The van der Waals surface area contributed by atoms with E-state index in [1.54, 1.807) is 10.6 Å². The number of rotatable bonds is 6. The quantitative estimate of drug-likeness (QED) is 0.598. The molecule has 8 heteroatoms. The highest BCUT2D eigenvalue weighted by atomic mass is 19.2.